The Morgan fingerprint density at radius 3 is 2.11 bits per heavy atom. The van der Waals surface area contributed by atoms with Crippen molar-refractivity contribution in [2.24, 2.45) is 22.2 Å². The Labute approximate surface area is 269 Å². The molecular formula is C29H51N9O8. The first kappa shape index (κ1) is 38.2. The predicted molar refractivity (Wildman–Crippen MR) is 168 cm³/mol. The Hall–Kier alpha value is -3.99. The molecule has 5 amide bonds. The molecule has 2 rings (SSSR count). The summed E-state index contributed by atoms with van der Waals surface area (Å²) in [6.07, 6.45) is 2.31. The van der Waals surface area contributed by atoms with Crippen molar-refractivity contribution in [2.45, 2.75) is 114 Å². The molecule has 260 valence electrons. The summed E-state index contributed by atoms with van der Waals surface area (Å²) in [6, 6.07) is -5.30. The van der Waals surface area contributed by atoms with E-state index in [1.807, 2.05) is 0 Å². The zero-order chi connectivity index (χ0) is 34.4. The molecule has 17 nitrogen and oxygen atoms in total. The minimum atomic E-state index is -1.28. The highest BCUT2D eigenvalue weighted by Crippen LogP contribution is 2.26. The second kappa shape index (κ2) is 18.9. The van der Waals surface area contributed by atoms with Gasteiger partial charge in [-0.05, 0) is 71.3 Å². The van der Waals surface area contributed by atoms with Crippen molar-refractivity contribution < 1.29 is 39.0 Å². The molecule has 0 saturated carbocycles. The zero-order valence-corrected chi connectivity index (χ0v) is 26.8. The van der Waals surface area contributed by atoms with Crippen molar-refractivity contribution in [1.29, 1.82) is 0 Å². The van der Waals surface area contributed by atoms with Crippen LogP contribution in [0.5, 0.6) is 0 Å². The molecule has 2 heterocycles. The van der Waals surface area contributed by atoms with Gasteiger partial charge in [-0.3, -0.25) is 29.0 Å². The molecule has 2 saturated heterocycles. The number of aliphatic hydroxyl groups excluding tert-OH is 1. The fourth-order valence-electron chi connectivity index (χ4n) is 5.70. The van der Waals surface area contributed by atoms with E-state index in [4.69, 9.17) is 17.2 Å². The lowest BCUT2D eigenvalue weighted by molar-refractivity contribution is -0.149. The quantitative estimate of drug-likeness (QED) is 0.0434. The maximum atomic E-state index is 13.9. The topological polar surface area (TPSA) is 276 Å². The molecule has 2 aliphatic rings. The van der Waals surface area contributed by atoms with E-state index in [0.717, 1.165) is 0 Å². The number of hydrogen-bond donors (Lipinski definition) is 8. The predicted octanol–water partition coefficient (Wildman–Crippen LogP) is -2.52. The molecule has 0 spiro atoms. The van der Waals surface area contributed by atoms with Crippen molar-refractivity contribution in [2.75, 3.05) is 26.2 Å². The number of hydrogen-bond acceptors (Lipinski definition) is 9. The van der Waals surface area contributed by atoms with Crippen LogP contribution < -0.4 is 33.2 Å². The number of carboxylic acid groups (broad SMARTS) is 1. The van der Waals surface area contributed by atoms with Crippen molar-refractivity contribution in [3.63, 3.8) is 0 Å². The molecule has 0 aromatic heterocycles. The highest BCUT2D eigenvalue weighted by molar-refractivity contribution is 5.96. The van der Waals surface area contributed by atoms with Gasteiger partial charge in [0.05, 0.1) is 6.10 Å². The number of nitrogens with two attached hydrogens (primary N) is 3. The summed E-state index contributed by atoms with van der Waals surface area (Å²) < 4.78 is 0. The number of amides is 5. The van der Waals surface area contributed by atoms with Gasteiger partial charge in [-0.1, -0.05) is 6.92 Å². The third-order valence-corrected chi connectivity index (χ3v) is 8.18. The number of nitrogens with one attached hydrogen (secondary N) is 3. The van der Waals surface area contributed by atoms with E-state index in [2.05, 4.69) is 20.9 Å². The van der Waals surface area contributed by atoms with Crippen molar-refractivity contribution in [3.8, 4) is 0 Å². The SMILES string of the molecule is CCC(=O)NC(C(=O)NC(CCCCN)C(=O)N1CCCC1C(=O)N1CCCC1C(=O)NC(CCCN=C(N)N)C(=O)O)C(C)O. The number of carbonyl (C=O) groups is 6. The van der Waals surface area contributed by atoms with Crippen LogP contribution in [0.1, 0.15) is 78.1 Å². The second-order valence-corrected chi connectivity index (χ2v) is 11.7. The first-order valence-electron chi connectivity index (χ1n) is 16.0. The summed E-state index contributed by atoms with van der Waals surface area (Å²) in [4.78, 5) is 84.4. The highest BCUT2D eigenvalue weighted by atomic mass is 16.4. The molecule has 11 N–H and O–H groups in total. The summed E-state index contributed by atoms with van der Waals surface area (Å²) in [5, 5.41) is 27.4. The van der Waals surface area contributed by atoms with Gasteiger partial charge in [-0.2, -0.15) is 0 Å². The molecule has 0 aliphatic carbocycles. The number of carbonyl (C=O) groups excluding carboxylic acids is 5. The van der Waals surface area contributed by atoms with Crippen LogP contribution in [-0.4, -0.2) is 124 Å². The molecule has 0 aromatic rings. The number of aliphatic carboxylic acids is 1. The van der Waals surface area contributed by atoms with Gasteiger partial charge in [0.15, 0.2) is 5.96 Å². The molecule has 46 heavy (non-hydrogen) atoms. The number of aliphatic hydroxyl groups is 1. The van der Waals surface area contributed by atoms with Crippen LogP contribution in [0.2, 0.25) is 0 Å². The lowest BCUT2D eigenvalue weighted by Crippen LogP contribution is -2.59. The van der Waals surface area contributed by atoms with Gasteiger partial charge in [-0.15, -0.1) is 0 Å². The van der Waals surface area contributed by atoms with Crippen LogP contribution >= 0.6 is 0 Å². The van der Waals surface area contributed by atoms with E-state index < -0.39 is 71.8 Å². The van der Waals surface area contributed by atoms with E-state index in [9.17, 15) is 39.0 Å². The molecule has 6 unspecified atom stereocenters. The molecule has 0 aromatic carbocycles. The molecule has 2 fully saturated rings. The van der Waals surface area contributed by atoms with Gasteiger partial charge in [0, 0.05) is 26.1 Å². The fourth-order valence-corrected chi connectivity index (χ4v) is 5.70. The summed E-state index contributed by atoms with van der Waals surface area (Å²) in [6.45, 7) is 4.05. The van der Waals surface area contributed by atoms with E-state index in [-0.39, 0.29) is 44.9 Å². The summed E-state index contributed by atoms with van der Waals surface area (Å²) in [5.41, 5.74) is 16.2. The number of carboxylic acids is 1. The van der Waals surface area contributed by atoms with Crippen molar-refractivity contribution in [1.82, 2.24) is 25.8 Å². The largest absolute Gasteiger partial charge is 0.480 e. The summed E-state index contributed by atoms with van der Waals surface area (Å²) in [7, 11) is 0. The molecule has 6 atom stereocenters. The number of nitrogens with zero attached hydrogens (tertiary/aromatic N) is 3. The van der Waals surface area contributed by atoms with Crippen molar-refractivity contribution in [3.05, 3.63) is 0 Å². The highest BCUT2D eigenvalue weighted by Gasteiger charge is 2.44. The van der Waals surface area contributed by atoms with Gasteiger partial charge in [0.1, 0.15) is 30.2 Å². The number of likely N-dealkylation sites (tertiary alicyclic amines) is 2. The van der Waals surface area contributed by atoms with Gasteiger partial charge in [0.2, 0.25) is 29.5 Å². The second-order valence-electron chi connectivity index (χ2n) is 11.7. The van der Waals surface area contributed by atoms with Gasteiger partial charge in [-0.25, -0.2) is 4.79 Å². The third kappa shape index (κ3) is 11.1. The Bertz CT molecular complexity index is 1110. The summed E-state index contributed by atoms with van der Waals surface area (Å²) in [5.74, 6) is -4.03. The molecule has 0 bridgehead atoms. The number of aliphatic imine (C=N–C) groups is 1. The molecular weight excluding hydrogens is 602 g/mol. The maximum Gasteiger partial charge on any atom is 0.326 e. The Morgan fingerprint density at radius 2 is 1.52 bits per heavy atom. The van der Waals surface area contributed by atoms with E-state index in [0.29, 0.717) is 51.5 Å². The Kier molecular flexibility index (Phi) is 15.7. The third-order valence-electron chi connectivity index (χ3n) is 8.18. The standard InChI is InChI=1S/C29H51N9O8/c1-3-22(40)36-23(17(2)39)25(42)34-18(9-4-5-13-30)26(43)38-16-8-12-21(38)27(44)37-15-7-11-20(37)24(41)35-19(28(45)46)10-6-14-33-29(31)32/h17-21,23,39H,3-16,30H2,1-2H3,(H,34,42)(H,35,41)(H,36,40)(H,45,46)(H4,31,32,33). The van der Waals surface area contributed by atoms with Gasteiger partial charge < -0.3 is 53.2 Å². The normalized spacial score (nSPS) is 20.3. The van der Waals surface area contributed by atoms with E-state index >= 15 is 0 Å². The van der Waals surface area contributed by atoms with Gasteiger partial charge in [0.25, 0.3) is 0 Å². The Balaban J connectivity index is 2.17. The monoisotopic (exact) mass is 653 g/mol. The van der Waals surface area contributed by atoms with Crippen LogP contribution in [-0.2, 0) is 28.8 Å². The maximum absolute atomic E-state index is 13.9. The smallest absolute Gasteiger partial charge is 0.326 e. The summed E-state index contributed by atoms with van der Waals surface area (Å²) >= 11 is 0. The zero-order valence-electron chi connectivity index (χ0n) is 26.8. The minimum Gasteiger partial charge on any atom is -0.480 e. The number of rotatable bonds is 18. The number of unbranched alkanes of at least 4 members (excludes halogenated alkanes) is 1. The average molecular weight is 654 g/mol. The Morgan fingerprint density at radius 1 is 0.891 bits per heavy atom. The molecule has 2 aliphatic heterocycles. The number of guanidine groups is 1. The van der Waals surface area contributed by atoms with Crippen LogP contribution in [0.4, 0.5) is 0 Å². The first-order chi connectivity index (χ1) is 21.8. The van der Waals surface area contributed by atoms with E-state index in [1.165, 1.54) is 16.7 Å². The van der Waals surface area contributed by atoms with Crippen LogP contribution in [0, 0.1) is 0 Å². The molecule has 17 heteroatoms. The minimum absolute atomic E-state index is 0.0821. The van der Waals surface area contributed by atoms with Crippen LogP contribution in [0.15, 0.2) is 4.99 Å². The van der Waals surface area contributed by atoms with Crippen molar-refractivity contribution >= 4 is 41.5 Å². The lowest BCUT2D eigenvalue weighted by atomic mass is 10.0. The first-order valence-corrected chi connectivity index (χ1v) is 16.0. The van der Waals surface area contributed by atoms with E-state index in [1.54, 1.807) is 6.92 Å². The average Bonchev–Trinajstić information content (AvgIpc) is 3.70. The van der Waals surface area contributed by atoms with Gasteiger partial charge >= 0.3 is 5.97 Å². The lowest BCUT2D eigenvalue weighted by Gasteiger charge is -2.33. The molecule has 0 radical (unpaired) electrons. The fraction of sp³-hybridized carbons (Fsp3) is 0.759. The van der Waals surface area contributed by atoms with Crippen LogP contribution in [0.25, 0.3) is 0 Å². The van der Waals surface area contributed by atoms with Crippen LogP contribution in [0.3, 0.4) is 0 Å².